The van der Waals surface area contributed by atoms with E-state index in [1.807, 2.05) is 18.2 Å². The van der Waals surface area contributed by atoms with Gasteiger partial charge in [0.15, 0.2) is 0 Å². The molecule has 3 aliphatic heterocycles. The molecule has 0 amide bonds. The molecule has 6 nitrogen and oxygen atoms in total. The van der Waals surface area contributed by atoms with E-state index in [2.05, 4.69) is 29.8 Å². The molecule has 2 atom stereocenters. The Morgan fingerprint density at radius 2 is 2.08 bits per heavy atom. The fourth-order valence-electron chi connectivity index (χ4n) is 4.09. The number of nitrogens with two attached hydrogens (primary N) is 1. The molecule has 130 valence electrons. The molecule has 0 aromatic heterocycles. The topological polar surface area (TPSA) is 69.3 Å². The largest absolute Gasteiger partial charge is 0.486 e. The molecule has 0 aliphatic carbocycles. The fourth-order valence-corrected chi connectivity index (χ4v) is 4.46. The quantitative estimate of drug-likeness (QED) is 0.731. The summed E-state index contributed by atoms with van der Waals surface area (Å²) >= 11 is 3.53. The van der Waals surface area contributed by atoms with Gasteiger partial charge in [-0.3, -0.25) is 0 Å². The van der Waals surface area contributed by atoms with E-state index in [0.717, 1.165) is 28.6 Å². The molecule has 2 unspecified atom stereocenters. The first-order chi connectivity index (χ1) is 11.2. The summed E-state index contributed by atoms with van der Waals surface area (Å²) in [5, 5.41) is 1.54. The highest BCUT2D eigenvalue weighted by molar-refractivity contribution is 9.10. The summed E-state index contributed by atoms with van der Waals surface area (Å²) in [4.78, 5) is 10.8. The molecule has 1 aromatic rings. The van der Waals surface area contributed by atoms with Gasteiger partial charge in [-0.25, -0.2) is 14.9 Å². The van der Waals surface area contributed by atoms with Crippen LogP contribution in [0.4, 0.5) is 0 Å². The predicted molar refractivity (Wildman–Crippen MR) is 93.5 cm³/mol. The van der Waals surface area contributed by atoms with Crippen LogP contribution >= 0.6 is 15.9 Å². The van der Waals surface area contributed by atoms with Crippen LogP contribution in [0, 0.1) is 0 Å². The number of hydrogen-bond acceptors (Lipinski definition) is 6. The number of ether oxygens (including phenoxy) is 2. The minimum absolute atomic E-state index is 0.244. The molecule has 1 fully saturated rings. The number of guanidine groups is 1. The number of hydrogen-bond donors (Lipinski definition) is 1. The van der Waals surface area contributed by atoms with Gasteiger partial charge in [-0.2, -0.15) is 0 Å². The molecule has 0 saturated carbocycles. The highest BCUT2D eigenvalue weighted by Gasteiger charge is 2.57. The van der Waals surface area contributed by atoms with Crippen LogP contribution in [0.15, 0.2) is 27.7 Å². The molecule has 2 N–H and O–H groups in total. The van der Waals surface area contributed by atoms with Crippen LogP contribution < -0.4 is 10.5 Å². The number of benzene rings is 1. The SMILES string of the molecule is CN1OC2(CC3(CCOC(C)(C)C3)Oc3ccc(Br)cc32)N=C1N. The Morgan fingerprint density at radius 1 is 1.29 bits per heavy atom. The summed E-state index contributed by atoms with van der Waals surface area (Å²) in [6.45, 7) is 4.85. The van der Waals surface area contributed by atoms with Gasteiger partial charge in [0, 0.05) is 30.8 Å². The number of rotatable bonds is 0. The lowest BCUT2D eigenvalue weighted by Crippen LogP contribution is -2.55. The van der Waals surface area contributed by atoms with Crippen LogP contribution in [0.3, 0.4) is 0 Å². The van der Waals surface area contributed by atoms with E-state index in [1.165, 1.54) is 5.06 Å². The van der Waals surface area contributed by atoms with Gasteiger partial charge in [0.1, 0.15) is 11.4 Å². The first-order valence-corrected chi connectivity index (χ1v) is 8.93. The molecule has 2 spiro atoms. The lowest BCUT2D eigenvalue weighted by Gasteiger charge is -2.50. The zero-order valence-electron chi connectivity index (χ0n) is 14.1. The summed E-state index contributed by atoms with van der Waals surface area (Å²) in [5.74, 6) is 1.18. The van der Waals surface area contributed by atoms with E-state index in [4.69, 9.17) is 25.0 Å². The van der Waals surface area contributed by atoms with Gasteiger partial charge in [-0.1, -0.05) is 15.9 Å². The van der Waals surface area contributed by atoms with Gasteiger partial charge in [-0.15, -0.1) is 0 Å². The number of aliphatic imine (C=N–C) groups is 1. The van der Waals surface area contributed by atoms with E-state index in [-0.39, 0.29) is 11.2 Å². The predicted octanol–water partition coefficient (Wildman–Crippen LogP) is 2.90. The van der Waals surface area contributed by atoms with E-state index < -0.39 is 5.72 Å². The second-order valence-corrected chi connectivity index (χ2v) is 8.40. The number of nitrogens with zero attached hydrogens (tertiary/aromatic N) is 2. The van der Waals surface area contributed by atoms with Gasteiger partial charge in [-0.05, 0) is 32.0 Å². The zero-order chi connectivity index (χ0) is 17.2. The lowest BCUT2D eigenvalue weighted by atomic mass is 9.75. The van der Waals surface area contributed by atoms with Crippen molar-refractivity contribution >= 4 is 21.9 Å². The smallest absolute Gasteiger partial charge is 0.222 e. The Morgan fingerprint density at radius 3 is 2.75 bits per heavy atom. The van der Waals surface area contributed by atoms with Gasteiger partial charge in [0.05, 0.1) is 17.8 Å². The standard InChI is InChI=1S/C17H22BrN3O3/c1-15(2)9-16(6-7-22-15)10-17(20-14(19)21(3)24-17)12-8-11(18)4-5-13(12)23-16/h4-5,8H,6-7,9-10H2,1-3H3,(H2,19,20). The normalized spacial score (nSPS) is 34.2. The third-order valence-electron chi connectivity index (χ3n) is 4.95. The van der Waals surface area contributed by atoms with Crippen LogP contribution in [0.2, 0.25) is 0 Å². The first kappa shape index (κ1) is 16.2. The third kappa shape index (κ3) is 2.50. The van der Waals surface area contributed by atoms with Crippen molar-refractivity contribution in [1.29, 1.82) is 0 Å². The maximum absolute atomic E-state index is 6.50. The molecular weight excluding hydrogens is 374 g/mol. The molecule has 1 saturated heterocycles. The first-order valence-electron chi connectivity index (χ1n) is 8.14. The second-order valence-electron chi connectivity index (χ2n) is 7.48. The van der Waals surface area contributed by atoms with Crippen molar-refractivity contribution in [3.05, 3.63) is 28.2 Å². The summed E-state index contributed by atoms with van der Waals surface area (Å²) in [7, 11) is 1.78. The Labute approximate surface area is 150 Å². The van der Waals surface area contributed by atoms with Crippen LogP contribution in [0.25, 0.3) is 0 Å². The molecule has 0 bridgehead atoms. The number of hydroxylamine groups is 2. The van der Waals surface area contributed by atoms with Gasteiger partial charge >= 0.3 is 0 Å². The van der Waals surface area contributed by atoms with Crippen LogP contribution in [-0.2, 0) is 15.3 Å². The summed E-state index contributed by atoms with van der Waals surface area (Å²) in [6, 6.07) is 5.95. The average Bonchev–Trinajstić information content (AvgIpc) is 2.74. The molecular formula is C17H22BrN3O3. The van der Waals surface area contributed by atoms with E-state index in [9.17, 15) is 0 Å². The molecule has 7 heteroatoms. The highest BCUT2D eigenvalue weighted by Crippen LogP contribution is 2.53. The summed E-state index contributed by atoms with van der Waals surface area (Å²) in [6.07, 6.45) is 2.19. The van der Waals surface area contributed by atoms with Crippen molar-refractivity contribution in [1.82, 2.24) is 5.06 Å². The van der Waals surface area contributed by atoms with Crippen LogP contribution in [-0.4, -0.2) is 35.9 Å². The maximum Gasteiger partial charge on any atom is 0.222 e. The van der Waals surface area contributed by atoms with Crippen molar-refractivity contribution in [3.63, 3.8) is 0 Å². The van der Waals surface area contributed by atoms with E-state index in [0.29, 0.717) is 19.0 Å². The third-order valence-corrected chi connectivity index (χ3v) is 5.45. The molecule has 24 heavy (non-hydrogen) atoms. The minimum Gasteiger partial charge on any atom is -0.486 e. The van der Waals surface area contributed by atoms with Gasteiger partial charge in [0.25, 0.3) is 0 Å². The highest BCUT2D eigenvalue weighted by atomic mass is 79.9. The zero-order valence-corrected chi connectivity index (χ0v) is 15.7. The van der Waals surface area contributed by atoms with Crippen molar-refractivity contribution in [2.24, 2.45) is 10.7 Å². The maximum atomic E-state index is 6.50. The molecule has 4 rings (SSSR count). The average molecular weight is 396 g/mol. The van der Waals surface area contributed by atoms with Crippen LogP contribution in [0.5, 0.6) is 5.75 Å². The minimum atomic E-state index is -0.844. The van der Waals surface area contributed by atoms with Gasteiger partial charge < -0.3 is 15.2 Å². The Kier molecular flexibility index (Phi) is 3.43. The van der Waals surface area contributed by atoms with E-state index in [1.54, 1.807) is 7.05 Å². The number of fused-ring (bicyclic) bond motifs is 2. The van der Waals surface area contributed by atoms with Crippen molar-refractivity contribution in [2.75, 3.05) is 13.7 Å². The van der Waals surface area contributed by atoms with Crippen molar-refractivity contribution < 1.29 is 14.3 Å². The monoisotopic (exact) mass is 395 g/mol. The second kappa shape index (κ2) is 5.09. The van der Waals surface area contributed by atoms with Crippen LogP contribution in [0.1, 0.15) is 38.7 Å². The van der Waals surface area contributed by atoms with Crippen molar-refractivity contribution in [2.45, 2.75) is 50.0 Å². The number of halogens is 1. The molecule has 3 aliphatic rings. The molecule has 1 aromatic carbocycles. The Bertz CT molecular complexity index is 723. The summed E-state index contributed by atoms with van der Waals surface area (Å²) < 4.78 is 13.4. The summed E-state index contributed by atoms with van der Waals surface area (Å²) in [5.41, 5.74) is 5.46. The fraction of sp³-hybridized carbons (Fsp3) is 0.588. The van der Waals surface area contributed by atoms with Crippen molar-refractivity contribution in [3.8, 4) is 5.75 Å². The molecule has 0 radical (unpaired) electrons. The Hall–Kier alpha value is -1.31. The van der Waals surface area contributed by atoms with E-state index >= 15 is 0 Å². The molecule has 3 heterocycles. The Balaban J connectivity index is 1.83. The lowest BCUT2D eigenvalue weighted by molar-refractivity contribution is -0.224. The van der Waals surface area contributed by atoms with Gasteiger partial charge in [0.2, 0.25) is 11.7 Å².